The van der Waals surface area contributed by atoms with Gasteiger partial charge in [-0.2, -0.15) is 0 Å². The molecule has 1 aliphatic heterocycles. The Kier molecular flexibility index (Phi) is 9.14. The van der Waals surface area contributed by atoms with Gasteiger partial charge in [-0.15, -0.1) is 0 Å². The summed E-state index contributed by atoms with van der Waals surface area (Å²) in [5.41, 5.74) is 1.70. The van der Waals surface area contributed by atoms with E-state index in [-0.39, 0.29) is 24.3 Å². The van der Waals surface area contributed by atoms with Crippen molar-refractivity contribution in [2.75, 3.05) is 19.8 Å². The number of rotatable bonds is 10. The van der Waals surface area contributed by atoms with Crippen molar-refractivity contribution < 1.29 is 23.8 Å². The lowest BCUT2D eigenvalue weighted by Crippen LogP contribution is -2.32. The molecule has 0 aromatic heterocycles. The Bertz CT molecular complexity index is 1590. The van der Waals surface area contributed by atoms with Gasteiger partial charge in [-0.3, -0.25) is 14.5 Å². The van der Waals surface area contributed by atoms with Gasteiger partial charge >= 0.3 is 0 Å². The zero-order chi connectivity index (χ0) is 28.1. The molecule has 0 aliphatic carbocycles. The Morgan fingerprint density at radius 2 is 1.60 bits per heavy atom. The van der Waals surface area contributed by atoms with Crippen LogP contribution in [0.25, 0.3) is 16.8 Å². The van der Waals surface area contributed by atoms with Crippen LogP contribution in [0.5, 0.6) is 17.2 Å². The number of carbonyl (C=O) groups excluding carboxylic acids is 2. The van der Waals surface area contributed by atoms with Gasteiger partial charge in [-0.25, -0.2) is 0 Å². The van der Waals surface area contributed by atoms with Crippen LogP contribution >= 0.6 is 43.6 Å². The molecule has 1 aliphatic rings. The zero-order valence-corrected chi connectivity index (χ0v) is 25.6. The van der Waals surface area contributed by atoms with E-state index >= 15 is 0 Å². The molecule has 2 amide bonds. The van der Waals surface area contributed by atoms with E-state index in [2.05, 4.69) is 31.9 Å². The van der Waals surface area contributed by atoms with Crippen LogP contribution in [-0.4, -0.2) is 35.8 Å². The molecule has 4 aromatic rings. The van der Waals surface area contributed by atoms with E-state index < -0.39 is 0 Å². The Morgan fingerprint density at radius 1 is 0.850 bits per heavy atom. The minimum absolute atomic E-state index is 0.145. The van der Waals surface area contributed by atoms with Gasteiger partial charge in [0.1, 0.15) is 19.0 Å². The molecular weight excluding hydrogens is 658 g/mol. The van der Waals surface area contributed by atoms with Crippen LogP contribution in [0.2, 0.25) is 0 Å². The number of hydrogen-bond donors (Lipinski definition) is 0. The zero-order valence-electron chi connectivity index (χ0n) is 21.6. The van der Waals surface area contributed by atoms with Crippen molar-refractivity contribution in [1.82, 2.24) is 4.90 Å². The number of carbonyl (C=O) groups is 2. The molecule has 4 aromatic carbocycles. The topological polar surface area (TPSA) is 65.1 Å². The number of benzene rings is 4. The SMILES string of the molecule is CCOc1cc(/C=C2\SC(=O)N(CCOc3cccc4ccccc34)C2=O)c(Br)c(Br)c1OCc1ccccc1. The van der Waals surface area contributed by atoms with E-state index in [1.54, 1.807) is 12.1 Å². The minimum Gasteiger partial charge on any atom is -0.491 e. The van der Waals surface area contributed by atoms with Gasteiger partial charge in [0, 0.05) is 9.86 Å². The molecule has 0 radical (unpaired) electrons. The second-order valence-corrected chi connectivity index (χ2v) is 11.4. The molecule has 0 N–H and O–H groups in total. The molecule has 9 heteroatoms. The Hall–Kier alpha value is -3.27. The van der Waals surface area contributed by atoms with E-state index in [1.807, 2.05) is 79.7 Å². The van der Waals surface area contributed by atoms with Crippen molar-refractivity contribution in [2.45, 2.75) is 13.5 Å². The molecule has 5 rings (SSSR count). The van der Waals surface area contributed by atoms with Gasteiger partial charge in [0.25, 0.3) is 11.1 Å². The smallest absolute Gasteiger partial charge is 0.293 e. The Morgan fingerprint density at radius 3 is 2.40 bits per heavy atom. The van der Waals surface area contributed by atoms with Crippen LogP contribution < -0.4 is 14.2 Å². The fourth-order valence-corrected chi connectivity index (χ4v) is 6.04. The predicted octanol–water partition coefficient (Wildman–Crippen LogP) is 8.46. The number of imide groups is 1. The lowest BCUT2D eigenvalue weighted by molar-refractivity contribution is -0.123. The molecular formula is C31H25Br2NO5S. The number of fused-ring (bicyclic) bond motifs is 1. The molecule has 6 nitrogen and oxygen atoms in total. The van der Waals surface area contributed by atoms with Crippen LogP contribution in [-0.2, 0) is 11.4 Å². The first kappa shape index (κ1) is 28.3. The highest BCUT2D eigenvalue weighted by atomic mass is 79.9. The molecule has 0 unspecified atom stereocenters. The number of amides is 2. The molecule has 204 valence electrons. The van der Waals surface area contributed by atoms with E-state index in [4.69, 9.17) is 14.2 Å². The summed E-state index contributed by atoms with van der Waals surface area (Å²) in [6, 6.07) is 25.4. The van der Waals surface area contributed by atoms with Gasteiger partial charge in [-0.1, -0.05) is 66.7 Å². The molecule has 1 saturated heterocycles. The number of hydrogen-bond acceptors (Lipinski definition) is 6. The maximum atomic E-state index is 13.2. The standard InChI is InChI=1S/C31H25Br2NO5S/c1-2-37-25-17-22(27(32)28(33)29(25)39-19-20-9-4-3-5-10-20)18-26-30(35)34(31(36)40-26)15-16-38-24-14-8-12-21-11-6-7-13-23(21)24/h3-14,17-18H,2,15-16,19H2,1H3/b26-18-. The minimum atomic E-state index is -0.359. The van der Waals surface area contributed by atoms with Crippen molar-refractivity contribution in [3.05, 3.63) is 104 Å². The normalized spacial score (nSPS) is 14.3. The number of nitrogens with zero attached hydrogens (tertiary/aromatic N) is 1. The highest BCUT2D eigenvalue weighted by Gasteiger charge is 2.35. The van der Waals surface area contributed by atoms with Gasteiger partial charge in [-0.05, 0) is 85.3 Å². The summed E-state index contributed by atoms with van der Waals surface area (Å²) in [4.78, 5) is 27.5. The number of thioether (sulfide) groups is 1. The third kappa shape index (κ3) is 6.22. The lowest BCUT2D eigenvalue weighted by Gasteiger charge is -2.17. The van der Waals surface area contributed by atoms with Crippen LogP contribution in [0.3, 0.4) is 0 Å². The monoisotopic (exact) mass is 681 g/mol. The predicted molar refractivity (Wildman–Crippen MR) is 166 cm³/mol. The molecule has 0 spiro atoms. The molecule has 1 fully saturated rings. The summed E-state index contributed by atoms with van der Waals surface area (Å²) in [5.74, 6) is 1.44. The first-order chi connectivity index (χ1) is 19.5. The van der Waals surface area contributed by atoms with Crippen molar-refractivity contribution in [3.63, 3.8) is 0 Å². The van der Waals surface area contributed by atoms with Crippen molar-refractivity contribution in [1.29, 1.82) is 0 Å². The van der Waals surface area contributed by atoms with E-state index in [0.717, 1.165) is 28.1 Å². The fourth-order valence-electron chi connectivity index (χ4n) is 4.24. The lowest BCUT2D eigenvalue weighted by atomic mass is 10.1. The largest absolute Gasteiger partial charge is 0.491 e. The van der Waals surface area contributed by atoms with Gasteiger partial charge < -0.3 is 14.2 Å². The summed E-state index contributed by atoms with van der Waals surface area (Å²) in [7, 11) is 0. The highest BCUT2D eigenvalue weighted by molar-refractivity contribution is 9.13. The molecule has 0 bridgehead atoms. The van der Waals surface area contributed by atoms with Gasteiger partial charge in [0.2, 0.25) is 0 Å². The van der Waals surface area contributed by atoms with Crippen LogP contribution in [0, 0.1) is 0 Å². The van der Waals surface area contributed by atoms with Crippen LogP contribution in [0.15, 0.2) is 92.7 Å². The summed E-state index contributed by atoms with van der Waals surface area (Å²) >= 11 is 8.15. The third-order valence-electron chi connectivity index (χ3n) is 6.16. The van der Waals surface area contributed by atoms with E-state index in [1.165, 1.54) is 4.90 Å². The molecule has 0 saturated carbocycles. The molecule has 0 atom stereocenters. The fraction of sp³-hybridized carbons (Fsp3) is 0.161. The van der Waals surface area contributed by atoms with Crippen molar-refractivity contribution in [2.24, 2.45) is 0 Å². The molecule has 40 heavy (non-hydrogen) atoms. The van der Waals surface area contributed by atoms with Crippen molar-refractivity contribution in [3.8, 4) is 17.2 Å². The van der Waals surface area contributed by atoms with Gasteiger partial charge in [0.05, 0.1) is 22.5 Å². The second kappa shape index (κ2) is 12.9. The first-order valence-electron chi connectivity index (χ1n) is 12.6. The summed E-state index contributed by atoms with van der Waals surface area (Å²) in [6.45, 7) is 3.03. The van der Waals surface area contributed by atoms with E-state index in [0.29, 0.717) is 49.9 Å². The summed E-state index contributed by atoms with van der Waals surface area (Å²) in [6.07, 6.45) is 1.69. The highest BCUT2D eigenvalue weighted by Crippen LogP contribution is 2.45. The Balaban J connectivity index is 1.31. The van der Waals surface area contributed by atoms with Crippen molar-refractivity contribution >= 4 is 71.6 Å². The van der Waals surface area contributed by atoms with Crippen LogP contribution in [0.4, 0.5) is 4.79 Å². The molecule has 1 heterocycles. The summed E-state index contributed by atoms with van der Waals surface area (Å²) in [5, 5.41) is 1.71. The number of ether oxygens (including phenoxy) is 3. The summed E-state index contributed by atoms with van der Waals surface area (Å²) < 4.78 is 19.3. The maximum Gasteiger partial charge on any atom is 0.293 e. The average molecular weight is 683 g/mol. The van der Waals surface area contributed by atoms with Crippen LogP contribution in [0.1, 0.15) is 18.1 Å². The maximum absolute atomic E-state index is 13.2. The second-order valence-electron chi connectivity index (χ2n) is 8.79. The Labute approximate surface area is 253 Å². The quantitative estimate of drug-likeness (QED) is 0.156. The first-order valence-corrected chi connectivity index (χ1v) is 15.0. The number of halogens is 2. The van der Waals surface area contributed by atoms with E-state index in [9.17, 15) is 9.59 Å². The average Bonchev–Trinajstić information content (AvgIpc) is 3.23. The van der Waals surface area contributed by atoms with Gasteiger partial charge in [0.15, 0.2) is 11.5 Å². The third-order valence-corrected chi connectivity index (χ3v) is 9.21.